The highest BCUT2D eigenvalue weighted by Gasteiger charge is 2.30. The first-order valence-corrected chi connectivity index (χ1v) is 8.87. The van der Waals surface area contributed by atoms with Crippen LogP contribution >= 0.6 is 28.1 Å². The van der Waals surface area contributed by atoms with Crippen molar-refractivity contribution in [2.24, 2.45) is 10.8 Å². The SMILES string of the molecule is C#CCOc1ccc([C@H]2CC(c3ccc(Br)cc3)=NN2C(N)=S)cc1. The lowest BCUT2D eigenvalue weighted by molar-refractivity contribution is 0.364. The molecular formula is C19H16BrN3OS. The van der Waals surface area contributed by atoms with Crippen LogP contribution < -0.4 is 10.5 Å². The van der Waals surface area contributed by atoms with E-state index in [1.807, 2.05) is 48.5 Å². The van der Waals surface area contributed by atoms with Crippen LogP contribution in [0.15, 0.2) is 58.1 Å². The van der Waals surface area contributed by atoms with Crippen LogP contribution in [0.5, 0.6) is 5.75 Å². The predicted octanol–water partition coefficient (Wildman–Crippen LogP) is 3.86. The van der Waals surface area contributed by atoms with Gasteiger partial charge in [0.05, 0.1) is 11.8 Å². The van der Waals surface area contributed by atoms with Crippen molar-refractivity contribution in [3.63, 3.8) is 0 Å². The number of hydrogen-bond acceptors (Lipinski definition) is 3. The van der Waals surface area contributed by atoms with Crippen LogP contribution in [0, 0.1) is 12.3 Å². The second-order valence-electron chi connectivity index (χ2n) is 5.52. The standard InChI is InChI=1S/C19H16BrN3OS/c1-2-11-24-16-9-5-14(6-10-16)18-12-17(22-23(18)19(21)25)13-3-7-15(20)8-4-13/h1,3-10,18H,11-12H2,(H2,21,25)/t18-/m1/s1. The molecule has 0 radical (unpaired) electrons. The molecular weight excluding hydrogens is 398 g/mol. The maximum atomic E-state index is 5.88. The summed E-state index contributed by atoms with van der Waals surface area (Å²) in [6, 6.07) is 15.8. The van der Waals surface area contributed by atoms with Gasteiger partial charge in [0.15, 0.2) is 5.11 Å². The van der Waals surface area contributed by atoms with E-state index >= 15 is 0 Å². The number of hydrogen-bond donors (Lipinski definition) is 1. The van der Waals surface area contributed by atoms with Crippen LogP contribution in [0.4, 0.5) is 0 Å². The summed E-state index contributed by atoms with van der Waals surface area (Å²) in [5, 5.41) is 6.58. The minimum absolute atomic E-state index is 0.0298. The molecule has 1 heterocycles. The van der Waals surface area contributed by atoms with Crippen molar-refractivity contribution in [2.45, 2.75) is 12.5 Å². The molecule has 0 spiro atoms. The highest BCUT2D eigenvalue weighted by molar-refractivity contribution is 9.10. The van der Waals surface area contributed by atoms with E-state index in [4.69, 9.17) is 29.1 Å². The van der Waals surface area contributed by atoms with Crippen LogP contribution in [0.2, 0.25) is 0 Å². The summed E-state index contributed by atoms with van der Waals surface area (Å²) in [5.41, 5.74) is 8.96. The van der Waals surface area contributed by atoms with Gasteiger partial charge in [-0.3, -0.25) is 0 Å². The molecule has 1 aliphatic rings. The predicted molar refractivity (Wildman–Crippen MR) is 107 cm³/mol. The van der Waals surface area contributed by atoms with Gasteiger partial charge in [-0.2, -0.15) is 5.10 Å². The Labute approximate surface area is 160 Å². The van der Waals surface area contributed by atoms with Crippen molar-refractivity contribution >= 4 is 39.0 Å². The van der Waals surface area contributed by atoms with Gasteiger partial charge in [-0.25, -0.2) is 5.01 Å². The normalized spacial score (nSPS) is 16.2. The molecule has 25 heavy (non-hydrogen) atoms. The highest BCUT2D eigenvalue weighted by Crippen LogP contribution is 2.33. The third-order valence-electron chi connectivity index (χ3n) is 3.90. The molecule has 3 rings (SSSR count). The Hall–Kier alpha value is -2.36. The van der Waals surface area contributed by atoms with Crippen molar-refractivity contribution in [3.8, 4) is 18.1 Å². The Morgan fingerprint density at radius 2 is 1.96 bits per heavy atom. The van der Waals surface area contributed by atoms with E-state index in [2.05, 4.69) is 27.0 Å². The number of halogens is 1. The van der Waals surface area contributed by atoms with Crippen LogP contribution in [0.1, 0.15) is 23.6 Å². The second kappa shape index (κ2) is 7.68. The molecule has 2 aromatic carbocycles. The number of terminal acetylenes is 1. The van der Waals surface area contributed by atoms with E-state index in [0.29, 0.717) is 0 Å². The number of rotatable bonds is 4. The fourth-order valence-corrected chi connectivity index (χ4v) is 3.13. The summed E-state index contributed by atoms with van der Waals surface area (Å²) in [6.45, 7) is 0.249. The number of benzene rings is 2. The molecule has 0 aliphatic carbocycles. The van der Waals surface area contributed by atoms with E-state index < -0.39 is 0 Å². The average Bonchev–Trinajstić information content (AvgIpc) is 3.06. The summed E-state index contributed by atoms with van der Waals surface area (Å²) in [6.07, 6.45) is 5.93. The molecule has 0 aromatic heterocycles. The summed E-state index contributed by atoms with van der Waals surface area (Å²) in [4.78, 5) is 0. The molecule has 0 fully saturated rings. The summed E-state index contributed by atoms with van der Waals surface area (Å²) < 4.78 is 6.44. The van der Waals surface area contributed by atoms with Crippen molar-refractivity contribution < 1.29 is 4.74 Å². The van der Waals surface area contributed by atoms with E-state index in [-0.39, 0.29) is 17.8 Å². The molecule has 2 aromatic rings. The quantitative estimate of drug-likeness (QED) is 0.610. The Bertz CT molecular complexity index is 840. The molecule has 2 N–H and O–H groups in total. The van der Waals surface area contributed by atoms with Crippen LogP contribution in [0.25, 0.3) is 0 Å². The Morgan fingerprint density at radius 3 is 2.56 bits per heavy atom. The third-order valence-corrected chi connectivity index (χ3v) is 4.62. The van der Waals surface area contributed by atoms with E-state index in [1.54, 1.807) is 5.01 Å². The zero-order chi connectivity index (χ0) is 17.8. The molecule has 0 saturated heterocycles. The van der Waals surface area contributed by atoms with Gasteiger partial charge in [0, 0.05) is 10.9 Å². The zero-order valence-electron chi connectivity index (χ0n) is 13.4. The minimum atomic E-state index is -0.0298. The Balaban J connectivity index is 1.83. The van der Waals surface area contributed by atoms with Gasteiger partial charge in [-0.05, 0) is 47.6 Å². The molecule has 1 atom stereocenters. The fraction of sp³-hybridized carbons (Fsp3) is 0.158. The van der Waals surface area contributed by atoms with Crippen molar-refractivity contribution in [1.29, 1.82) is 0 Å². The van der Waals surface area contributed by atoms with E-state index in [9.17, 15) is 0 Å². The molecule has 6 heteroatoms. The molecule has 1 aliphatic heterocycles. The van der Waals surface area contributed by atoms with Crippen molar-refractivity contribution in [1.82, 2.24) is 5.01 Å². The molecule has 0 saturated carbocycles. The number of nitrogens with two attached hydrogens (primary N) is 1. The zero-order valence-corrected chi connectivity index (χ0v) is 15.8. The first-order chi connectivity index (χ1) is 12.1. The maximum absolute atomic E-state index is 5.88. The van der Waals surface area contributed by atoms with Gasteiger partial charge in [-0.1, -0.05) is 46.1 Å². The number of nitrogens with zero attached hydrogens (tertiary/aromatic N) is 2. The second-order valence-corrected chi connectivity index (χ2v) is 6.85. The van der Waals surface area contributed by atoms with Crippen LogP contribution in [-0.4, -0.2) is 22.4 Å². The topological polar surface area (TPSA) is 50.8 Å². The summed E-state index contributed by atoms with van der Waals surface area (Å²) in [5.74, 6) is 3.18. The van der Waals surface area contributed by atoms with Crippen LogP contribution in [-0.2, 0) is 0 Å². The summed E-state index contributed by atoms with van der Waals surface area (Å²) >= 11 is 8.63. The molecule has 0 unspecified atom stereocenters. The molecule has 4 nitrogen and oxygen atoms in total. The van der Waals surface area contributed by atoms with E-state index in [0.717, 1.165) is 33.5 Å². The Morgan fingerprint density at radius 1 is 1.28 bits per heavy atom. The van der Waals surface area contributed by atoms with Gasteiger partial charge in [0.1, 0.15) is 12.4 Å². The van der Waals surface area contributed by atoms with Gasteiger partial charge in [-0.15, -0.1) is 6.42 Å². The monoisotopic (exact) mass is 413 g/mol. The van der Waals surface area contributed by atoms with Crippen LogP contribution in [0.3, 0.4) is 0 Å². The molecule has 0 bridgehead atoms. The number of thiocarbonyl (C=S) groups is 1. The molecule has 0 amide bonds. The van der Waals surface area contributed by atoms with Gasteiger partial charge >= 0.3 is 0 Å². The minimum Gasteiger partial charge on any atom is -0.481 e. The van der Waals surface area contributed by atoms with Gasteiger partial charge < -0.3 is 10.5 Å². The first kappa shape index (κ1) is 17.5. The lowest BCUT2D eigenvalue weighted by Crippen LogP contribution is -2.31. The Kier molecular flexibility index (Phi) is 5.37. The van der Waals surface area contributed by atoms with Crippen molar-refractivity contribution in [3.05, 3.63) is 64.1 Å². The maximum Gasteiger partial charge on any atom is 0.187 e. The van der Waals surface area contributed by atoms with Crippen molar-refractivity contribution in [2.75, 3.05) is 6.61 Å². The lowest BCUT2D eigenvalue weighted by atomic mass is 9.98. The average molecular weight is 414 g/mol. The number of hydrazone groups is 1. The van der Waals surface area contributed by atoms with Gasteiger partial charge in [0.25, 0.3) is 0 Å². The highest BCUT2D eigenvalue weighted by atomic mass is 79.9. The smallest absolute Gasteiger partial charge is 0.187 e. The molecule has 126 valence electrons. The third kappa shape index (κ3) is 4.01. The van der Waals surface area contributed by atoms with Gasteiger partial charge in [0.2, 0.25) is 0 Å². The number of ether oxygens (including phenoxy) is 1. The van der Waals surface area contributed by atoms with E-state index in [1.165, 1.54) is 0 Å². The fourth-order valence-electron chi connectivity index (χ4n) is 2.70. The first-order valence-electron chi connectivity index (χ1n) is 7.67. The summed E-state index contributed by atoms with van der Waals surface area (Å²) in [7, 11) is 0. The lowest BCUT2D eigenvalue weighted by Gasteiger charge is -2.22. The largest absolute Gasteiger partial charge is 0.481 e.